The number of aromatic nitrogens is 1. The highest BCUT2D eigenvalue weighted by Gasteiger charge is 2.29. The van der Waals surface area contributed by atoms with Crippen LogP contribution in [0, 0.1) is 0 Å². The van der Waals surface area contributed by atoms with Gasteiger partial charge in [-0.05, 0) is 39.0 Å². The van der Waals surface area contributed by atoms with Gasteiger partial charge in [0.2, 0.25) is 0 Å². The molecule has 126 valence electrons. The zero-order valence-corrected chi connectivity index (χ0v) is 13.8. The second-order valence-corrected chi connectivity index (χ2v) is 6.51. The number of amides is 2. The molecule has 1 aliphatic heterocycles. The highest BCUT2D eigenvalue weighted by atomic mass is 16.6. The first-order valence-corrected chi connectivity index (χ1v) is 7.64. The molecule has 1 atom stereocenters. The molecular formula is C17H19N3O4. The number of carbonyl (C=O) groups excluding carboxylic acids is 2. The number of carbonyl (C=O) groups is 2. The van der Waals surface area contributed by atoms with E-state index in [4.69, 9.17) is 9.47 Å². The fraction of sp³-hybridized carbons (Fsp3) is 0.353. The van der Waals surface area contributed by atoms with Gasteiger partial charge in [-0.15, -0.1) is 0 Å². The fourth-order valence-electron chi connectivity index (χ4n) is 2.38. The summed E-state index contributed by atoms with van der Waals surface area (Å²) in [5.41, 5.74) is 0.503. The Morgan fingerprint density at radius 1 is 1.38 bits per heavy atom. The van der Waals surface area contributed by atoms with E-state index in [1.54, 1.807) is 33.0 Å². The molecule has 1 aromatic carbocycles. The van der Waals surface area contributed by atoms with E-state index in [0.717, 1.165) is 5.39 Å². The largest absolute Gasteiger partial charge is 0.489 e. The molecule has 2 aromatic rings. The van der Waals surface area contributed by atoms with Crippen molar-refractivity contribution in [1.82, 2.24) is 10.3 Å². The monoisotopic (exact) mass is 329 g/mol. The molecule has 0 spiro atoms. The maximum Gasteiger partial charge on any atom is 0.408 e. The van der Waals surface area contributed by atoms with E-state index < -0.39 is 17.7 Å². The fourth-order valence-corrected chi connectivity index (χ4v) is 2.38. The minimum Gasteiger partial charge on any atom is -0.489 e. The Kier molecular flexibility index (Phi) is 4.01. The molecule has 0 aliphatic carbocycles. The molecule has 7 heteroatoms. The molecule has 1 aliphatic rings. The number of anilines is 1. The second kappa shape index (κ2) is 5.99. The Labute approximate surface area is 139 Å². The van der Waals surface area contributed by atoms with Crippen LogP contribution < -0.4 is 15.4 Å². The summed E-state index contributed by atoms with van der Waals surface area (Å²) in [6.07, 6.45) is 0.982. The molecule has 2 heterocycles. The molecule has 0 bridgehead atoms. The summed E-state index contributed by atoms with van der Waals surface area (Å²) in [7, 11) is 0. The van der Waals surface area contributed by atoms with Crippen molar-refractivity contribution in [2.75, 3.05) is 11.9 Å². The molecule has 24 heavy (non-hydrogen) atoms. The maximum atomic E-state index is 12.4. The molecule has 1 aromatic heterocycles. The predicted octanol–water partition coefficient (Wildman–Crippen LogP) is 2.46. The number of benzene rings is 1. The summed E-state index contributed by atoms with van der Waals surface area (Å²) in [5, 5.41) is 6.20. The lowest BCUT2D eigenvalue weighted by Crippen LogP contribution is -2.48. The molecule has 0 radical (unpaired) electrons. The number of pyridine rings is 1. The number of nitrogens with one attached hydrogen (secondary N) is 2. The summed E-state index contributed by atoms with van der Waals surface area (Å²) in [6.45, 7) is 5.27. The maximum absolute atomic E-state index is 12.4. The van der Waals surface area contributed by atoms with Crippen molar-refractivity contribution >= 4 is 28.6 Å². The Bertz CT molecular complexity index is 798. The number of rotatable bonds is 1. The van der Waals surface area contributed by atoms with Crippen molar-refractivity contribution in [3.63, 3.8) is 0 Å². The zero-order valence-electron chi connectivity index (χ0n) is 13.8. The van der Waals surface area contributed by atoms with Gasteiger partial charge in [0.25, 0.3) is 5.91 Å². The van der Waals surface area contributed by atoms with E-state index >= 15 is 0 Å². The highest BCUT2D eigenvalue weighted by molar-refractivity contribution is 6.05. The van der Waals surface area contributed by atoms with Gasteiger partial charge in [0.1, 0.15) is 29.7 Å². The third kappa shape index (κ3) is 3.40. The van der Waals surface area contributed by atoms with Crippen LogP contribution in [0.2, 0.25) is 0 Å². The number of fused-ring (bicyclic) bond motifs is 3. The van der Waals surface area contributed by atoms with Crippen LogP contribution >= 0.6 is 0 Å². The summed E-state index contributed by atoms with van der Waals surface area (Å²) in [4.78, 5) is 28.6. The molecule has 0 fully saturated rings. The second-order valence-electron chi connectivity index (χ2n) is 6.51. The smallest absolute Gasteiger partial charge is 0.408 e. The van der Waals surface area contributed by atoms with Crippen LogP contribution in [0.25, 0.3) is 10.9 Å². The number of hydrogen-bond acceptors (Lipinski definition) is 5. The molecule has 7 nitrogen and oxygen atoms in total. The topological polar surface area (TPSA) is 89.6 Å². The first kappa shape index (κ1) is 16.0. The van der Waals surface area contributed by atoms with E-state index in [2.05, 4.69) is 15.6 Å². The van der Waals surface area contributed by atoms with Crippen molar-refractivity contribution in [1.29, 1.82) is 0 Å². The minimum atomic E-state index is -0.856. The number of hydrogen-bond donors (Lipinski definition) is 2. The molecular weight excluding hydrogens is 310 g/mol. The molecule has 2 N–H and O–H groups in total. The van der Waals surface area contributed by atoms with E-state index in [1.807, 2.05) is 18.2 Å². The third-order valence-electron chi connectivity index (χ3n) is 3.40. The first-order chi connectivity index (χ1) is 11.3. The van der Waals surface area contributed by atoms with Gasteiger partial charge in [0.15, 0.2) is 0 Å². The van der Waals surface area contributed by atoms with Crippen molar-refractivity contribution in [2.45, 2.75) is 32.4 Å². The average molecular weight is 329 g/mol. The Morgan fingerprint density at radius 3 is 2.92 bits per heavy atom. The molecule has 0 saturated heterocycles. The van der Waals surface area contributed by atoms with Crippen LogP contribution in [-0.4, -0.2) is 35.2 Å². The van der Waals surface area contributed by atoms with Crippen LogP contribution in [0.1, 0.15) is 20.8 Å². The predicted molar refractivity (Wildman–Crippen MR) is 89.0 cm³/mol. The lowest BCUT2D eigenvalue weighted by Gasteiger charge is -2.22. The van der Waals surface area contributed by atoms with E-state index in [0.29, 0.717) is 17.0 Å². The lowest BCUT2D eigenvalue weighted by molar-refractivity contribution is -0.118. The summed E-state index contributed by atoms with van der Waals surface area (Å²) in [6, 6.07) is 6.51. The van der Waals surface area contributed by atoms with Crippen LogP contribution in [0.15, 0.2) is 30.5 Å². The van der Waals surface area contributed by atoms with Gasteiger partial charge in [0.05, 0.1) is 5.52 Å². The van der Waals surface area contributed by atoms with E-state index in [1.165, 1.54) is 0 Å². The van der Waals surface area contributed by atoms with Gasteiger partial charge in [0, 0.05) is 11.6 Å². The van der Waals surface area contributed by atoms with Gasteiger partial charge < -0.3 is 20.1 Å². The third-order valence-corrected chi connectivity index (χ3v) is 3.40. The zero-order chi connectivity index (χ0) is 17.3. The van der Waals surface area contributed by atoms with Crippen molar-refractivity contribution in [3.05, 3.63) is 30.5 Å². The summed E-state index contributed by atoms with van der Waals surface area (Å²) < 4.78 is 10.9. The Balaban J connectivity index is 1.81. The van der Waals surface area contributed by atoms with E-state index in [9.17, 15) is 9.59 Å². The summed E-state index contributed by atoms with van der Waals surface area (Å²) in [5.74, 6) is 0.140. The average Bonchev–Trinajstić information content (AvgIpc) is 2.65. The van der Waals surface area contributed by atoms with Crippen molar-refractivity contribution in [3.8, 4) is 5.75 Å². The Morgan fingerprint density at radius 2 is 2.17 bits per heavy atom. The molecule has 2 amide bonds. The molecule has 1 unspecified atom stereocenters. The van der Waals surface area contributed by atoms with Gasteiger partial charge >= 0.3 is 6.09 Å². The summed E-state index contributed by atoms with van der Waals surface area (Å²) >= 11 is 0. The van der Waals surface area contributed by atoms with Crippen LogP contribution in [0.5, 0.6) is 5.75 Å². The SMILES string of the molecule is CC(C)(C)OC(=O)NC1COc2ccc3cccnc3c2NC1=O. The Hall–Kier alpha value is -2.83. The highest BCUT2D eigenvalue weighted by Crippen LogP contribution is 2.33. The normalized spacial score (nSPS) is 17.3. The van der Waals surface area contributed by atoms with Gasteiger partial charge in [-0.3, -0.25) is 9.78 Å². The molecule has 3 rings (SSSR count). The van der Waals surface area contributed by atoms with Gasteiger partial charge in [-0.25, -0.2) is 4.79 Å². The minimum absolute atomic E-state index is 0.0103. The van der Waals surface area contributed by atoms with Crippen LogP contribution in [0.4, 0.5) is 10.5 Å². The van der Waals surface area contributed by atoms with Crippen LogP contribution in [0.3, 0.4) is 0 Å². The number of nitrogens with zero attached hydrogens (tertiary/aromatic N) is 1. The molecule has 0 saturated carbocycles. The number of alkyl carbamates (subject to hydrolysis) is 1. The quantitative estimate of drug-likeness (QED) is 0.839. The number of ether oxygens (including phenoxy) is 2. The van der Waals surface area contributed by atoms with E-state index in [-0.39, 0.29) is 12.5 Å². The standard InChI is InChI=1S/C17H19N3O4/c1-17(2,3)24-16(22)19-11-9-23-12-7-6-10-5-4-8-18-13(10)14(12)20-15(11)21/h4-8,11H,9H2,1-3H3,(H,19,22)(H,20,21). The van der Waals surface area contributed by atoms with Crippen molar-refractivity contribution < 1.29 is 19.1 Å². The van der Waals surface area contributed by atoms with Gasteiger partial charge in [-0.2, -0.15) is 0 Å². The lowest BCUT2D eigenvalue weighted by atomic mass is 10.1. The van der Waals surface area contributed by atoms with Gasteiger partial charge in [-0.1, -0.05) is 6.07 Å². The van der Waals surface area contributed by atoms with Crippen molar-refractivity contribution in [2.24, 2.45) is 0 Å². The first-order valence-electron chi connectivity index (χ1n) is 7.64. The van der Waals surface area contributed by atoms with Crippen LogP contribution in [-0.2, 0) is 9.53 Å².